The van der Waals surface area contributed by atoms with E-state index in [0.29, 0.717) is 32.6 Å². The Morgan fingerprint density at radius 2 is 1.73 bits per heavy atom. The average Bonchev–Trinajstić information content (AvgIpc) is 2.96. The average molecular weight is 412 g/mol. The van der Waals surface area contributed by atoms with E-state index in [2.05, 4.69) is 16.1 Å². The van der Waals surface area contributed by atoms with Crippen LogP contribution in [-0.2, 0) is 9.59 Å². The molecule has 0 bridgehead atoms. The molecule has 0 radical (unpaired) electrons. The van der Waals surface area contributed by atoms with Crippen LogP contribution in [0.15, 0.2) is 12.1 Å². The predicted molar refractivity (Wildman–Crippen MR) is 105 cm³/mol. The van der Waals surface area contributed by atoms with Crippen LogP contribution in [0, 0.1) is 18.2 Å². The lowest BCUT2D eigenvalue weighted by Crippen LogP contribution is -2.54. The Morgan fingerprint density at radius 1 is 1.07 bits per heavy atom. The van der Waals surface area contributed by atoms with Gasteiger partial charge in [-0.2, -0.15) is 0 Å². The molecule has 1 N–H and O–H groups in total. The van der Waals surface area contributed by atoms with Crippen molar-refractivity contribution in [3.8, 4) is 12.3 Å². The summed E-state index contributed by atoms with van der Waals surface area (Å²) in [6.07, 6.45) is 6.05. The van der Waals surface area contributed by atoms with Crippen molar-refractivity contribution < 1.29 is 23.6 Å². The van der Waals surface area contributed by atoms with Crippen LogP contribution in [0.1, 0.15) is 40.0 Å². The summed E-state index contributed by atoms with van der Waals surface area (Å²) in [5, 5.41) is 2.14. The monoisotopic (exact) mass is 412 g/mol. The van der Waals surface area contributed by atoms with Crippen LogP contribution in [0.5, 0.6) is 0 Å². The Labute approximate surface area is 173 Å². The molecule has 9 heteroatoms. The highest BCUT2D eigenvalue weighted by Gasteiger charge is 2.45. The van der Waals surface area contributed by atoms with E-state index in [1.165, 1.54) is 6.07 Å². The molecule has 4 amide bonds. The van der Waals surface area contributed by atoms with Crippen molar-refractivity contribution in [2.24, 2.45) is 0 Å². The van der Waals surface area contributed by atoms with Crippen LogP contribution in [-0.4, -0.2) is 72.2 Å². The lowest BCUT2D eigenvalue weighted by Gasteiger charge is -2.36. The summed E-state index contributed by atoms with van der Waals surface area (Å²) in [4.78, 5) is 54.1. The number of piperidine rings is 1. The van der Waals surface area contributed by atoms with Crippen molar-refractivity contribution in [1.29, 1.82) is 0 Å². The molecule has 2 fully saturated rings. The molecule has 3 aliphatic heterocycles. The standard InChI is InChI=1S/C21H21FN4O4/c1-2-3-6-24-7-9-25(10-8-24)17-12-14-13(11-15(17)22)20(29)26(21(14)30)16-4-5-18(27)23-19(16)28/h1,11-12,16H,3-10H2,(H,23,27,28). The second-order valence-electron chi connectivity index (χ2n) is 7.58. The second-order valence-corrected chi connectivity index (χ2v) is 7.58. The topological polar surface area (TPSA) is 90.0 Å². The van der Waals surface area contributed by atoms with E-state index in [4.69, 9.17) is 6.42 Å². The quantitative estimate of drug-likeness (QED) is 0.568. The number of halogens is 1. The van der Waals surface area contributed by atoms with Gasteiger partial charge in [0.15, 0.2) is 0 Å². The number of terminal acetylenes is 1. The highest BCUT2D eigenvalue weighted by atomic mass is 19.1. The summed E-state index contributed by atoms with van der Waals surface area (Å²) < 4.78 is 14.8. The summed E-state index contributed by atoms with van der Waals surface area (Å²) in [5.41, 5.74) is 0.283. The molecule has 1 atom stereocenters. The molecular formula is C21H21FN4O4. The SMILES string of the molecule is C#CCCN1CCN(c2cc3c(cc2F)C(=O)N(C2CCC(=O)NC2=O)C3=O)CC1. The molecule has 1 aromatic carbocycles. The number of hydrogen-bond acceptors (Lipinski definition) is 6. The van der Waals surface area contributed by atoms with Gasteiger partial charge in [-0.05, 0) is 18.6 Å². The maximum atomic E-state index is 14.8. The lowest BCUT2D eigenvalue weighted by atomic mass is 10.0. The van der Waals surface area contributed by atoms with Gasteiger partial charge in [0.25, 0.3) is 11.8 Å². The van der Waals surface area contributed by atoms with Gasteiger partial charge in [-0.1, -0.05) is 0 Å². The van der Waals surface area contributed by atoms with Crippen LogP contribution in [0.4, 0.5) is 10.1 Å². The number of hydrogen-bond donors (Lipinski definition) is 1. The number of rotatable bonds is 4. The van der Waals surface area contributed by atoms with Crippen LogP contribution in [0.25, 0.3) is 0 Å². The minimum absolute atomic E-state index is 0.0351. The molecule has 30 heavy (non-hydrogen) atoms. The zero-order chi connectivity index (χ0) is 21.4. The number of nitrogens with one attached hydrogen (secondary N) is 1. The van der Waals surface area contributed by atoms with Crippen LogP contribution in [0.3, 0.4) is 0 Å². The molecule has 156 valence electrons. The first-order valence-electron chi connectivity index (χ1n) is 9.86. The third kappa shape index (κ3) is 3.44. The third-order valence-corrected chi connectivity index (χ3v) is 5.79. The van der Waals surface area contributed by atoms with E-state index in [9.17, 15) is 23.6 Å². The summed E-state index contributed by atoms with van der Waals surface area (Å²) >= 11 is 0. The summed E-state index contributed by atoms with van der Waals surface area (Å²) in [6, 6.07) is 1.40. The van der Waals surface area contributed by atoms with Crippen molar-refractivity contribution in [3.05, 3.63) is 29.1 Å². The molecule has 0 aromatic heterocycles. The molecule has 1 unspecified atom stereocenters. The van der Waals surface area contributed by atoms with Crippen molar-refractivity contribution >= 4 is 29.3 Å². The largest absolute Gasteiger partial charge is 0.367 e. The Morgan fingerprint density at radius 3 is 2.37 bits per heavy atom. The molecule has 3 aliphatic rings. The molecular weight excluding hydrogens is 391 g/mol. The van der Waals surface area contributed by atoms with E-state index in [1.54, 1.807) is 0 Å². The van der Waals surface area contributed by atoms with E-state index in [0.717, 1.165) is 17.5 Å². The van der Waals surface area contributed by atoms with Crippen molar-refractivity contribution in [1.82, 2.24) is 15.1 Å². The number of nitrogens with zero attached hydrogens (tertiary/aromatic N) is 3. The predicted octanol–water partition coefficient (Wildman–Crippen LogP) is 0.372. The lowest BCUT2D eigenvalue weighted by molar-refractivity contribution is -0.136. The fraction of sp³-hybridized carbons (Fsp3) is 0.429. The Hall–Kier alpha value is -3.25. The van der Waals surface area contributed by atoms with Gasteiger partial charge >= 0.3 is 0 Å². The second kappa shape index (κ2) is 7.88. The van der Waals surface area contributed by atoms with E-state index >= 15 is 0 Å². The maximum Gasteiger partial charge on any atom is 0.262 e. The van der Waals surface area contributed by atoms with E-state index in [1.807, 2.05) is 4.90 Å². The van der Waals surface area contributed by atoms with Gasteiger partial charge in [0.1, 0.15) is 11.9 Å². The molecule has 0 spiro atoms. The molecule has 0 aliphatic carbocycles. The van der Waals surface area contributed by atoms with Gasteiger partial charge in [-0.25, -0.2) is 4.39 Å². The van der Waals surface area contributed by atoms with Crippen LogP contribution in [0.2, 0.25) is 0 Å². The number of carbonyl (C=O) groups excluding carboxylic acids is 4. The van der Waals surface area contributed by atoms with Gasteiger partial charge < -0.3 is 4.90 Å². The minimum Gasteiger partial charge on any atom is -0.367 e. The summed E-state index contributed by atoms with van der Waals surface area (Å²) in [7, 11) is 0. The number of anilines is 1. The van der Waals surface area contributed by atoms with Crippen molar-refractivity contribution in [2.75, 3.05) is 37.6 Å². The minimum atomic E-state index is -1.07. The number of piperazine rings is 1. The first-order chi connectivity index (χ1) is 14.4. The molecule has 1 aromatic rings. The fourth-order valence-electron chi connectivity index (χ4n) is 4.16. The van der Waals surface area contributed by atoms with E-state index in [-0.39, 0.29) is 29.7 Å². The van der Waals surface area contributed by atoms with Crippen molar-refractivity contribution in [2.45, 2.75) is 25.3 Å². The normalized spacial score (nSPS) is 22.2. The first-order valence-corrected chi connectivity index (χ1v) is 9.86. The maximum absolute atomic E-state index is 14.8. The van der Waals surface area contributed by atoms with Gasteiger partial charge in [-0.3, -0.25) is 34.3 Å². The number of amides is 4. The molecule has 4 rings (SSSR count). The fourth-order valence-corrected chi connectivity index (χ4v) is 4.16. The van der Waals surface area contributed by atoms with Gasteiger partial charge in [0, 0.05) is 45.6 Å². The third-order valence-electron chi connectivity index (χ3n) is 5.79. The Bertz CT molecular complexity index is 978. The van der Waals surface area contributed by atoms with E-state index < -0.39 is 35.5 Å². The zero-order valence-electron chi connectivity index (χ0n) is 16.3. The van der Waals surface area contributed by atoms with Gasteiger partial charge in [0.05, 0.1) is 16.8 Å². The highest BCUT2D eigenvalue weighted by molar-refractivity contribution is 6.23. The summed E-state index contributed by atoms with van der Waals surface area (Å²) in [6.45, 7) is 3.35. The molecule has 8 nitrogen and oxygen atoms in total. The Kier molecular flexibility index (Phi) is 5.26. The highest BCUT2D eigenvalue weighted by Crippen LogP contribution is 2.33. The molecule has 3 heterocycles. The van der Waals surface area contributed by atoms with Crippen LogP contribution >= 0.6 is 0 Å². The first kappa shape index (κ1) is 20.0. The number of benzene rings is 1. The van der Waals surface area contributed by atoms with Crippen molar-refractivity contribution in [3.63, 3.8) is 0 Å². The van der Waals surface area contributed by atoms with Crippen LogP contribution < -0.4 is 10.2 Å². The number of carbonyl (C=O) groups is 4. The Balaban J connectivity index is 1.55. The van der Waals surface area contributed by atoms with Gasteiger partial charge in [-0.15, -0.1) is 12.3 Å². The number of imide groups is 2. The smallest absolute Gasteiger partial charge is 0.262 e. The molecule has 2 saturated heterocycles. The van der Waals surface area contributed by atoms with Gasteiger partial charge in [0.2, 0.25) is 11.8 Å². The summed E-state index contributed by atoms with van der Waals surface area (Å²) in [5.74, 6) is -0.468. The number of fused-ring (bicyclic) bond motifs is 1. The molecule has 0 saturated carbocycles. The zero-order valence-corrected chi connectivity index (χ0v) is 16.3.